The molecule has 2 rings (SSSR count). The van der Waals surface area contributed by atoms with Crippen LogP contribution in [0.3, 0.4) is 0 Å². The van der Waals surface area contributed by atoms with Crippen molar-refractivity contribution in [2.24, 2.45) is 5.73 Å². The number of thioether (sulfide) groups is 1. The van der Waals surface area contributed by atoms with E-state index in [1.54, 1.807) is 0 Å². The molecule has 4 heteroatoms. The van der Waals surface area contributed by atoms with Gasteiger partial charge in [0.05, 0.1) is 0 Å². The molecule has 90 valence electrons. The highest BCUT2D eigenvalue weighted by molar-refractivity contribution is 7.98. The second-order valence-electron chi connectivity index (χ2n) is 3.96. The summed E-state index contributed by atoms with van der Waals surface area (Å²) in [4.78, 5) is 0.470. The van der Waals surface area contributed by atoms with Crippen molar-refractivity contribution in [3.8, 4) is 0 Å². The van der Waals surface area contributed by atoms with E-state index >= 15 is 0 Å². The van der Waals surface area contributed by atoms with Crippen LogP contribution in [0.25, 0.3) is 10.9 Å². The van der Waals surface area contributed by atoms with Crippen LogP contribution in [-0.4, -0.2) is 21.6 Å². The Kier molecular flexibility index (Phi) is 4.07. The monoisotopic (exact) mass is 264 g/mol. The van der Waals surface area contributed by atoms with Crippen LogP contribution in [0.5, 0.6) is 0 Å². The lowest BCUT2D eigenvalue weighted by Crippen LogP contribution is -2.09. The first-order valence-electron chi connectivity index (χ1n) is 5.60. The van der Waals surface area contributed by atoms with E-state index in [0.29, 0.717) is 4.99 Å². The van der Waals surface area contributed by atoms with Gasteiger partial charge in [-0.25, -0.2) is 0 Å². The van der Waals surface area contributed by atoms with Crippen LogP contribution in [0, 0.1) is 0 Å². The molecule has 0 saturated heterocycles. The van der Waals surface area contributed by atoms with Gasteiger partial charge < -0.3 is 10.3 Å². The van der Waals surface area contributed by atoms with Gasteiger partial charge in [0.15, 0.2) is 0 Å². The molecule has 0 unspecified atom stereocenters. The minimum Gasteiger partial charge on any atom is -0.389 e. The topological polar surface area (TPSA) is 30.9 Å². The van der Waals surface area contributed by atoms with Crippen LogP contribution in [0.2, 0.25) is 0 Å². The molecule has 2 aromatic rings. The normalized spacial score (nSPS) is 10.9. The molecule has 0 radical (unpaired) electrons. The Balaban J connectivity index is 2.34. The quantitative estimate of drug-likeness (QED) is 0.665. The fraction of sp³-hybridized carbons (Fsp3) is 0.308. The Hall–Kier alpha value is -1.00. The molecule has 2 N–H and O–H groups in total. The molecular weight excluding hydrogens is 248 g/mol. The van der Waals surface area contributed by atoms with Gasteiger partial charge >= 0.3 is 0 Å². The molecule has 2 nitrogen and oxygen atoms in total. The molecule has 0 saturated carbocycles. The molecule has 17 heavy (non-hydrogen) atoms. The molecule has 0 aliphatic carbocycles. The van der Waals surface area contributed by atoms with E-state index in [1.165, 1.54) is 17.7 Å². The predicted molar refractivity (Wildman–Crippen MR) is 80.8 cm³/mol. The first-order chi connectivity index (χ1) is 8.24. The van der Waals surface area contributed by atoms with Crippen LogP contribution in [0.4, 0.5) is 0 Å². The number of nitrogens with two attached hydrogens (primary N) is 1. The fourth-order valence-electron chi connectivity index (χ4n) is 2.01. The van der Waals surface area contributed by atoms with Crippen molar-refractivity contribution in [3.63, 3.8) is 0 Å². The summed E-state index contributed by atoms with van der Waals surface area (Å²) in [6.07, 6.45) is 5.44. The molecule has 0 spiro atoms. The lowest BCUT2D eigenvalue weighted by molar-refractivity contribution is 0.709. The van der Waals surface area contributed by atoms with Crippen LogP contribution in [0.1, 0.15) is 12.0 Å². The van der Waals surface area contributed by atoms with E-state index in [-0.39, 0.29) is 0 Å². The highest BCUT2D eigenvalue weighted by Gasteiger charge is 2.06. The number of hydrogen-bond donors (Lipinski definition) is 1. The Morgan fingerprint density at radius 1 is 1.41 bits per heavy atom. The largest absolute Gasteiger partial charge is 0.389 e. The average molecular weight is 264 g/mol. The van der Waals surface area contributed by atoms with E-state index in [9.17, 15) is 0 Å². The molecule has 0 aliphatic rings. The Morgan fingerprint density at radius 2 is 2.24 bits per heavy atom. The van der Waals surface area contributed by atoms with Crippen molar-refractivity contribution in [2.75, 3.05) is 12.0 Å². The maximum atomic E-state index is 5.73. The van der Waals surface area contributed by atoms with E-state index in [1.807, 2.05) is 23.9 Å². The minimum atomic E-state index is 0.470. The zero-order valence-electron chi connectivity index (χ0n) is 9.85. The number of benzene rings is 1. The number of thiocarbonyl (C=S) groups is 1. The molecule has 1 aromatic heterocycles. The van der Waals surface area contributed by atoms with Crippen molar-refractivity contribution in [2.45, 2.75) is 13.0 Å². The zero-order valence-corrected chi connectivity index (χ0v) is 11.5. The second-order valence-corrected chi connectivity index (χ2v) is 5.38. The van der Waals surface area contributed by atoms with Crippen molar-refractivity contribution in [1.82, 2.24) is 4.57 Å². The lowest BCUT2D eigenvalue weighted by atomic mass is 10.1. The molecule has 0 aliphatic heterocycles. The highest BCUT2D eigenvalue weighted by Crippen LogP contribution is 2.20. The molecule has 0 bridgehead atoms. The zero-order chi connectivity index (χ0) is 12.3. The second kappa shape index (κ2) is 5.56. The van der Waals surface area contributed by atoms with E-state index in [2.05, 4.69) is 29.2 Å². The maximum absolute atomic E-state index is 5.73. The summed E-state index contributed by atoms with van der Waals surface area (Å²) in [5.41, 5.74) is 7.92. The molecule has 0 fully saturated rings. The van der Waals surface area contributed by atoms with Crippen molar-refractivity contribution < 1.29 is 0 Å². The third-order valence-electron chi connectivity index (χ3n) is 2.83. The first kappa shape index (κ1) is 12.5. The van der Waals surface area contributed by atoms with Crippen molar-refractivity contribution in [1.29, 1.82) is 0 Å². The summed E-state index contributed by atoms with van der Waals surface area (Å²) in [5, 5.41) is 1.16. The van der Waals surface area contributed by atoms with Crippen LogP contribution in [-0.2, 0) is 6.54 Å². The number of nitrogens with zero attached hydrogens (tertiary/aromatic N) is 1. The van der Waals surface area contributed by atoms with Gasteiger partial charge in [0.25, 0.3) is 0 Å². The number of aryl methyl sites for hydroxylation is 1. The van der Waals surface area contributed by atoms with Gasteiger partial charge in [-0.2, -0.15) is 11.8 Å². The Morgan fingerprint density at radius 3 is 2.94 bits per heavy atom. The van der Waals surface area contributed by atoms with Crippen LogP contribution < -0.4 is 5.73 Å². The predicted octanol–water partition coefficient (Wildman–Crippen LogP) is 3.03. The van der Waals surface area contributed by atoms with Gasteiger partial charge in [0.2, 0.25) is 0 Å². The maximum Gasteiger partial charge on any atom is 0.104 e. The number of fused-ring (bicyclic) bond motifs is 1. The SMILES string of the molecule is CSCCCn1ccc2c(C(N)=S)cccc21. The van der Waals surface area contributed by atoms with Crippen molar-refractivity contribution in [3.05, 3.63) is 36.0 Å². The van der Waals surface area contributed by atoms with Crippen molar-refractivity contribution >= 4 is 39.9 Å². The average Bonchev–Trinajstić information content (AvgIpc) is 2.72. The summed E-state index contributed by atoms with van der Waals surface area (Å²) in [6.45, 7) is 1.05. The summed E-state index contributed by atoms with van der Waals surface area (Å²) < 4.78 is 2.27. The summed E-state index contributed by atoms with van der Waals surface area (Å²) in [5.74, 6) is 1.19. The number of hydrogen-bond acceptors (Lipinski definition) is 2. The summed E-state index contributed by atoms with van der Waals surface area (Å²) >= 11 is 6.95. The van der Waals surface area contributed by atoms with Gasteiger partial charge in [-0.05, 0) is 30.6 Å². The molecule has 0 amide bonds. The van der Waals surface area contributed by atoms with Gasteiger partial charge in [-0.3, -0.25) is 0 Å². The molecule has 1 heterocycles. The standard InChI is InChI=1S/C13H16N2S2/c1-17-9-3-7-15-8-6-10-11(13(14)16)4-2-5-12(10)15/h2,4-6,8H,3,7,9H2,1H3,(H2,14,16). The van der Waals surface area contributed by atoms with Gasteiger partial charge in [-0.15, -0.1) is 0 Å². The minimum absolute atomic E-state index is 0.470. The van der Waals surface area contributed by atoms with Crippen LogP contribution >= 0.6 is 24.0 Å². The highest BCUT2D eigenvalue weighted by atomic mass is 32.2. The van der Waals surface area contributed by atoms with Gasteiger partial charge in [0.1, 0.15) is 4.99 Å². The molecular formula is C13H16N2S2. The third-order valence-corrected chi connectivity index (χ3v) is 3.74. The molecule has 0 atom stereocenters. The van der Waals surface area contributed by atoms with E-state index < -0.39 is 0 Å². The number of rotatable bonds is 5. The van der Waals surface area contributed by atoms with Gasteiger partial charge in [-0.1, -0.05) is 24.4 Å². The smallest absolute Gasteiger partial charge is 0.104 e. The lowest BCUT2D eigenvalue weighted by Gasteiger charge is -2.06. The third kappa shape index (κ3) is 2.64. The van der Waals surface area contributed by atoms with Crippen LogP contribution in [0.15, 0.2) is 30.5 Å². The molecule has 1 aromatic carbocycles. The van der Waals surface area contributed by atoms with E-state index in [4.69, 9.17) is 18.0 Å². The summed E-state index contributed by atoms with van der Waals surface area (Å²) in [7, 11) is 0. The fourth-order valence-corrected chi connectivity index (χ4v) is 2.61. The summed E-state index contributed by atoms with van der Waals surface area (Å²) in [6, 6.07) is 8.22. The van der Waals surface area contributed by atoms with Gasteiger partial charge in [0, 0.05) is 29.2 Å². The first-order valence-corrected chi connectivity index (χ1v) is 7.41. The van der Waals surface area contributed by atoms with E-state index in [0.717, 1.165) is 17.5 Å². The Bertz CT molecular complexity index is 531. The Labute approximate surface area is 111 Å². The number of aromatic nitrogens is 1.